The topological polar surface area (TPSA) is 50.1 Å². The van der Waals surface area contributed by atoms with E-state index in [9.17, 15) is 4.79 Å². The molecule has 40 heavy (non-hydrogen) atoms. The molecule has 6 heteroatoms. The van der Waals surface area contributed by atoms with Gasteiger partial charge in [0.15, 0.2) is 0 Å². The van der Waals surface area contributed by atoms with Crippen molar-refractivity contribution in [3.8, 4) is 17.0 Å². The van der Waals surface area contributed by atoms with Crippen molar-refractivity contribution < 1.29 is 9.53 Å². The standard InChI is InChI=1S/C34H52N4O2/c1-6-10-21-36(22-11-7-2)23-14-15-31-32-27-29(34(39)37(24-12-8-3)25-13-9-4)20-26-38(32)35-33(31)28-16-18-30(40-5)19-17-28/h16-20,26-27H,6-15,21-25H2,1-5H3. The zero-order chi connectivity index (χ0) is 28.7. The highest BCUT2D eigenvalue weighted by atomic mass is 16.5. The minimum Gasteiger partial charge on any atom is -0.497 e. The van der Waals surface area contributed by atoms with Crippen LogP contribution in [0.2, 0.25) is 0 Å². The van der Waals surface area contributed by atoms with E-state index in [1.807, 2.05) is 33.8 Å². The molecule has 0 N–H and O–H groups in total. The molecule has 1 amide bonds. The molecule has 2 heterocycles. The molecule has 0 aliphatic heterocycles. The fourth-order valence-corrected chi connectivity index (χ4v) is 5.23. The lowest BCUT2D eigenvalue weighted by molar-refractivity contribution is 0.0751. The van der Waals surface area contributed by atoms with Crippen LogP contribution in [0, 0.1) is 0 Å². The number of unbranched alkanes of at least 4 members (excludes halogenated alkanes) is 4. The van der Waals surface area contributed by atoms with Gasteiger partial charge < -0.3 is 14.5 Å². The Balaban J connectivity index is 1.94. The van der Waals surface area contributed by atoms with E-state index in [0.717, 1.165) is 86.2 Å². The lowest BCUT2D eigenvalue weighted by Crippen LogP contribution is -2.33. The third-order valence-electron chi connectivity index (χ3n) is 7.75. The summed E-state index contributed by atoms with van der Waals surface area (Å²) < 4.78 is 7.36. The van der Waals surface area contributed by atoms with Gasteiger partial charge in [-0.3, -0.25) is 4.79 Å². The number of aryl methyl sites for hydroxylation is 1. The monoisotopic (exact) mass is 548 g/mol. The number of pyridine rings is 1. The lowest BCUT2D eigenvalue weighted by Gasteiger charge is -2.22. The first-order valence-corrected chi connectivity index (χ1v) is 15.7. The summed E-state index contributed by atoms with van der Waals surface area (Å²) in [6.07, 6.45) is 13.1. The van der Waals surface area contributed by atoms with Crippen LogP contribution in [0.3, 0.4) is 0 Å². The highest BCUT2D eigenvalue weighted by Crippen LogP contribution is 2.30. The molecule has 0 radical (unpaired) electrons. The molecule has 0 aliphatic carbocycles. The molecule has 220 valence electrons. The van der Waals surface area contributed by atoms with E-state index in [-0.39, 0.29) is 5.91 Å². The second kappa shape index (κ2) is 17.1. The van der Waals surface area contributed by atoms with Crippen LogP contribution in [-0.2, 0) is 6.42 Å². The molecule has 1 aromatic carbocycles. The highest BCUT2D eigenvalue weighted by molar-refractivity contribution is 5.95. The van der Waals surface area contributed by atoms with Crippen molar-refractivity contribution in [2.75, 3.05) is 39.8 Å². The van der Waals surface area contributed by atoms with Crippen LogP contribution in [0.1, 0.15) is 101 Å². The molecule has 2 aromatic heterocycles. The zero-order valence-corrected chi connectivity index (χ0v) is 25.8. The number of amides is 1. The van der Waals surface area contributed by atoms with Crippen molar-refractivity contribution in [3.05, 3.63) is 53.7 Å². The van der Waals surface area contributed by atoms with Gasteiger partial charge in [0.25, 0.3) is 5.91 Å². The first-order valence-electron chi connectivity index (χ1n) is 15.7. The van der Waals surface area contributed by atoms with E-state index in [1.165, 1.54) is 44.3 Å². The Morgan fingerprint density at radius 1 is 0.800 bits per heavy atom. The van der Waals surface area contributed by atoms with Gasteiger partial charge in [-0.25, -0.2) is 4.52 Å². The molecule has 0 saturated heterocycles. The summed E-state index contributed by atoms with van der Waals surface area (Å²) in [6, 6.07) is 12.2. The van der Waals surface area contributed by atoms with Gasteiger partial charge in [0, 0.05) is 36.0 Å². The minimum atomic E-state index is 0.132. The highest BCUT2D eigenvalue weighted by Gasteiger charge is 2.20. The first kappa shape index (κ1) is 31.7. The number of fused-ring (bicyclic) bond motifs is 1. The van der Waals surface area contributed by atoms with Crippen molar-refractivity contribution in [1.82, 2.24) is 19.4 Å². The lowest BCUT2D eigenvalue weighted by atomic mass is 10.0. The SMILES string of the molecule is CCCCN(CCCC)CCCc1c(-c2ccc(OC)cc2)nn2ccc(C(=O)N(CCCC)CCCC)cc12. The minimum absolute atomic E-state index is 0.132. The molecule has 0 bridgehead atoms. The van der Waals surface area contributed by atoms with Crippen LogP contribution in [0.25, 0.3) is 16.8 Å². The van der Waals surface area contributed by atoms with Crippen molar-refractivity contribution in [3.63, 3.8) is 0 Å². The number of hydrogen-bond donors (Lipinski definition) is 0. The molecule has 0 spiro atoms. The maximum absolute atomic E-state index is 13.6. The van der Waals surface area contributed by atoms with E-state index in [2.05, 4.69) is 50.8 Å². The summed E-state index contributed by atoms with van der Waals surface area (Å²) in [7, 11) is 1.69. The summed E-state index contributed by atoms with van der Waals surface area (Å²) in [5.41, 5.74) is 5.09. The van der Waals surface area contributed by atoms with Crippen LogP contribution in [0.4, 0.5) is 0 Å². The van der Waals surface area contributed by atoms with E-state index in [0.29, 0.717) is 0 Å². The van der Waals surface area contributed by atoms with E-state index >= 15 is 0 Å². The molecular weight excluding hydrogens is 496 g/mol. The molecule has 0 saturated carbocycles. The molecule has 3 aromatic rings. The average Bonchev–Trinajstić information content (AvgIpc) is 3.35. The molecule has 0 unspecified atom stereocenters. The number of hydrogen-bond acceptors (Lipinski definition) is 4. The van der Waals surface area contributed by atoms with Crippen molar-refractivity contribution in [2.24, 2.45) is 0 Å². The van der Waals surface area contributed by atoms with Crippen molar-refractivity contribution in [2.45, 2.75) is 91.9 Å². The van der Waals surface area contributed by atoms with E-state index < -0.39 is 0 Å². The van der Waals surface area contributed by atoms with Gasteiger partial charge in [-0.2, -0.15) is 5.10 Å². The Labute approximate surface area is 242 Å². The fourth-order valence-electron chi connectivity index (χ4n) is 5.23. The van der Waals surface area contributed by atoms with Gasteiger partial charge in [-0.15, -0.1) is 0 Å². The Hall–Kier alpha value is -2.86. The van der Waals surface area contributed by atoms with E-state index in [1.54, 1.807) is 7.11 Å². The molecular formula is C34H52N4O2. The van der Waals surface area contributed by atoms with Crippen LogP contribution < -0.4 is 4.74 Å². The van der Waals surface area contributed by atoms with Crippen LogP contribution >= 0.6 is 0 Å². The van der Waals surface area contributed by atoms with Gasteiger partial charge in [-0.1, -0.05) is 53.4 Å². The number of carbonyl (C=O) groups excluding carboxylic acids is 1. The summed E-state index contributed by atoms with van der Waals surface area (Å²) in [5.74, 6) is 0.969. The second-order valence-corrected chi connectivity index (χ2v) is 11.0. The maximum Gasteiger partial charge on any atom is 0.253 e. The number of benzene rings is 1. The summed E-state index contributed by atoms with van der Waals surface area (Å²) in [6.45, 7) is 13.9. The third-order valence-corrected chi connectivity index (χ3v) is 7.75. The quantitative estimate of drug-likeness (QED) is 0.153. The Morgan fingerprint density at radius 3 is 1.95 bits per heavy atom. The molecule has 6 nitrogen and oxygen atoms in total. The zero-order valence-electron chi connectivity index (χ0n) is 25.8. The largest absolute Gasteiger partial charge is 0.497 e. The van der Waals surface area contributed by atoms with Crippen molar-refractivity contribution >= 4 is 11.4 Å². The smallest absolute Gasteiger partial charge is 0.253 e. The number of aromatic nitrogens is 2. The van der Waals surface area contributed by atoms with Gasteiger partial charge in [-0.05, 0) is 94.6 Å². The maximum atomic E-state index is 13.6. The van der Waals surface area contributed by atoms with E-state index in [4.69, 9.17) is 9.84 Å². The molecule has 3 rings (SSSR count). The Kier molecular flexibility index (Phi) is 13.5. The molecule has 0 aliphatic rings. The normalized spacial score (nSPS) is 11.4. The van der Waals surface area contributed by atoms with Gasteiger partial charge >= 0.3 is 0 Å². The van der Waals surface area contributed by atoms with Gasteiger partial charge in [0.1, 0.15) is 5.75 Å². The van der Waals surface area contributed by atoms with Crippen molar-refractivity contribution in [1.29, 1.82) is 0 Å². The predicted octanol–water partition coefficient (Wildman–Crippen LogP) is 7.89. The predicted molar refractivity (Wildman–Crippen MR) is 167 cm³/mol. The summed E-state index contributed by atoms with van der Waals surface area (Å²) in [5, 5.41) is 5.02. The Morgan fingerprint density at radius 2 is 1.38 bits per heavy atom. The fraction of sp³-hybridized carbons (Fsp3) is 0.588. The number of methoxy groups -OCH3 is 1. The number of ether oxygens (including phenoxy) is 1. The number of carbonyl (C=O) groups is 1. The average molecular weight is 549 g/mol. The number of nitrogens with zero attached hydrogens (tertiary/aromatic N) is 4. The van der Waals surface area contributed by atoms with Crippen LogP contribution in [0.5, 0.6) is 5.75 Å². The van der Waals surface area contributed by atoms with Crippen LogP contribution in [0.15, 0.2) is 42.6 Å². The van der Waals surface area contributed by atoms with Crippen LogP contribution in [-0.4, -0.2) is 65.2 Å². The summed E-state index contributed by atoms with van der Waals surface area (Å²) in [4.78, 5) is 18.3. The molecule has 0 atom stereocenters. The summed E-state index contributed by atoms with van der Waals surface area (Å²) >= 11 is 0. The van der Waals surface area contributed by atoms with Gasteiger partial charge in [0.05, 0.1) is 18.3 Å². The second-order valence-electron chi connectivity index (χ2n) is 11.0. The molecule has 0 fully saturated rings. The third kappa shape index (κ3) is 8.82. The number of rotatable bonds is 19. The Bertz CT molecular complexity index is 1140. The van der Waals surface area contributed by atoms with Gasteiger partial charge in [0.2, 0.25) is 0 Å². The first-order chi connectivity index (χ1) is 19.6.